The highest BCUT2D eigenvalue weighted by Crippen LogP contribution is 2.42. The van der Waals surface area contributed by atoms with Gasteiger partial charge in [0.2, 0.25) is 0 Å². The van der Waals surface area contributed by atoms with Crippen LogP contribution >= 0.6 is 0 Å². The van der Waals surface area contributed by atoms with Gasteiger partial charge in [-0.25, -0.2) is 8.78 Å². The van der Waals surface area contributed by atoms with Crippen molar-refractivity contribution in [1.82, 2.24) is 0 Å². The van der Waals surface area contributed by atoms with E-state index in [1.807, 2.05) is 0 Å². The summed E-state index contributed by atoms with van der Waals surface area (Å²) in [5.74, 6) is -0.525. The van der Waals surface area contributed by atoms with E-state index in [2.05, 4.69) is 0 Å². The average Bonchev–Trinajstić information content (AvgIpc) is 3.08. The highest BCUT2D eigenvalue weighted by atomic mass is 19.1. The van der Waals surface area contributed by atoms with E-state index in [1.165, 1.54) is 6.07 Å². The average molecular weight is 267 g/mol. The summed E-state index contributed by atoms with van der Waals surface area (Å²) in [7, 11) is 0. The maximum absolute atomic E-state index is 14.0. The molecule has 0 spiro atoms. The lowest BCUT2D eigenvalue weighted by atomic mass is 9.88. The summed E-state index contributed by atoms with van der Waals surface area (Å²) in [6, 6.07) is 2.22. The Labute approximate surface area is 111 Å². The van der Waals surface area contributed by atoms with Gasteiger partial charge in [-0.05, 0) is 37.7 Å². The maximum Gasteiger partial charge on any atom is 0.168 e. The molecule has 1 aromatic carbocycles. The standard InChI is InChI=1S/C15H19F2NO/c16-11-7-12(15(18)5-1-2-6-15)14(13(17)8-11)19-9-10-3-4-10/h7-8,10H,1-6,9,18H2. The fourth-order valence-electron chi connectivity index (χ4n) is 2.84. The zero-order valence-electron chi connectivity index (χ0n) is 10.9. The summed E-state index contributed by atoms with van der Waals surface area (Å²) in [4.78, 5) is 0. The van der Waals surface area contributed by atoms with Gasteiger partial charge in [0.1, 0.15) is 5.82 Å². The third-order valence-electron chi connectivity index (χ3n) is 4.20. The van der Waals surface area contributed by atoms with Crippen LogP contribution in [-0.4, -0.2) is 6.61 Å². The van der Waals surface area contributed by atoms with Gasteiger partial charge in [0, 0.05) is 17.2 Å². The maximum atomic E-state index is 14.0. The number of benzene rings is 1. The Morgan fingerprint density at radius 1 is 1.21 bits per heavy atom. The third-order valence-corrected chi connectivity index (χ3v) is 4.20. The summed E-state index contributed by atoms with van der Waals surface area (Å²) in [5.41, 5.74) is 6.19. The monoisotopic (exact) mass is 267 g/mol. The molecule has 4 heteroatoms. The van der Waals surface area contributed by atoms with Crippen molar-refractivity contribution in [3.05, 3.63) is 29.3 Å². The first-order valence-corrected chi connectivity index (χ1v) is 7.00. The van der Waals surface area contributed by atoms with Crippen LogP contribution < -0.4 is 10.5 Å². The van der Waals surface area contributed by atoms with E-state index < -0.39 is 17.2 Å². The lowest BCUT2D eigenvalue weighted by Crippen LogP contribution is -2.34. The molecule has 0 bridgehead atoms. The predicted octanol–water partition coefficient (Wildman–Crippen LogP) is 3.48. The minimum absolute atomic E-state index is 0.165. The first-order valence-electron chi connectivity index (χ1n) is 7.00. The molecule has 0 atom stereocenters. The highest BCUT2D eigenvalue weighted by Gasteiger charge is 2.36. The van der Waals surface area contributed by atoms with E-state index in [-0.39, 0.29) is 5.75 Å². The largest absolute Gasteiger partial charge is 0.490 e. The number of nitrogens with two attached hydrogens (primary N) is 1. The van der Waals surface area contributed by atoms with Crippen LogP contribution in [0.5, 0.6) is 5.75 Å². The van der Waals surface area contributed by atoms with Crippen LogP contribution in [0.1, 0.15) is 44.1 Å². The highest BCUT2D eigenvalue weighted by molar-refractivity contribution is 5.41. The second-order valence-electron chi connectivity index (χ2n) is 5.88. The van der Waals surface area contributed by atoms with Crippen molar-refractivity contribution >= 4 is 0 Å². The van der Waals surface area contributed by atoms with Gasteiger partial charge in [-0.3, -0.25) is 0 Å². The molecule has 104 valence electrons. The van der Waals surface area contributed by atoms with Crippen LogP contribution in [0.4, 0.5) is 8.78 Å². The van der Waals surface area contributed by atoms with Crippen molar-refractivity contribution in [3.8, 4) is 5.75 Å². The number of rotatable bonds is 4. The van der Waals surface area contributed by atoms with Gasteiger partial charge in [0.25, 0.3) is 0 Å². The number of hydrogen-bond acceptors (Lipinski definition) is 2. The van der Waals surface area contributed by atoms with Gasteiger partial charge in [-0.1, -0.05) is 12.8 Å². The molecule has 0 heterocycles. The molecule has 2 aliphatic carbocycles. The van der Waals surface area contributed by atoms with Gasteiger partial charge in [-0.2, -0.15) is 0 Å². The van der Waals surface area contributed by atoms with Crippen LogP contribution in [0, 0.1) is 17.6 Å². The van der Waals surface area contributed by atoms with Crippen LogP contribution in [-0.2, 0) is 5.54 Å². The van der Waals surface area contributed by atoms with Crippen molar-refractivity contribution < 1.29 is 13.5 Å². The van der Waals surface area contributed by atoms with Gasteiger partial charge in [0.05, 0.1) is 6.61 Å². The Kier molecular flexibility index (Phi) is 3.21. The summed E-state index contributed by atoms with van der Waals surface area (Å²) < 4.78 is 33.1. The summed E-state index contributed by atoms with van der Waals surface area (Å²) in [6.45, 7) is 0.506. The van der Waals surface area contributed by atoms with E-state index >= 15 is 0 Å². The molecule has 0 aliphatic heterocycles. The van der Waals surface area contributed by atoms with Crippen molar-refractivity contribution in [2.45, 2.75) is 44.1 Å². The topological polar surface area (TPSA) is 35.2 Å². The Hall–Kier alpha value is -1.16. The Balaban J connectivity index is 1.94. The number of ether oxygens (including phenoxy) is 1. The van der Waals surface area contributed by atoms with E-state index in [0.29, 0.717) is 18.1 Å². The third kappa shape index (κ3) is 2.59. The summed E-state index contributed by atoms with van der Waals surface area (Å²) in [6.07, 6.45) is 5.77. The molecule has 0 aromatic heterocycles. The number of halogens is 2. The molecular weight excluding hydrogens is 248 g/mol. The summed E-state index contributed by atoms with van der Waals surface area (Å²) in [5, 5.41) is 0. The zero-order valence-corrected chi connectivity index (χ0v) is 10.9. The second-order valence-corrected chi connectivity index (χ2v) is 5.88. The lowest BCUT2D eigenvalue weighted by molar-refractivity contribution is 0.272. The van der Waals surface area contributed by atoms with E-state index in [0.717, 1.165) is 44.6 Å². The van der Waals surface area contributed by atoms with Crippen LogP contribution in [0.3, 0.4) is 0 Å². The van der Waals surface area contributed by atoms with Crippen LogP contribution in [0.25, 0.3) is 0 Å². The second kappa shape index (κ2) is 4.75. The smallest absolute Gasteiger partial charge is 0.168 e. The van der Waals surface area contributed by atoms with E-state index in [4.69, 9.17) is 10.5 Å². The molecule has 0 unspecified atom stereocenters. The van der Waals surface area contributed by atoms with Crippen LogP contribution in [0.15, 0.2) is 12.1 Å². The van der Waals surface area contributed by atoms with Crippen LogP contribution in [0.2, 0.25) is 0 Å². The molecular formula is C15H19F2NO. The SMILES string of the molecule is NC1(c2cc(F)cc(F)c2OCC2CC2)CCCC1. The van der Waals surface area contributed by atoms with Gasteiger partial charge < -0.3 is 10.5 Å². The molecule has 2 saturated carbocycles. The molecule has 2 nitrogen and oxygen atoms in total. The first kappa shape index (κ1) is 12.9. The molecule has 0 amide bonds. The molecule has 2 fully saturated rings. The Morgan fingerprint density at radius 2 is 1.89 bits per heavy atom. The minimum Gasteiger partial charge on any atom is -0.490 e. The molecule has 2 N–H and O–H groups in total. The van der Waals surface area contributed by atoms with Gasteiger partial charge in [-0.15, -0.1) is 0 Å². The van der Waals surface area contributed by atoms with Crippen molar-refractivity contribution in [1.29, 1.82) is 0 Å². The molecule has 3 rings (SSSR count). The van der Waals surface area contributed by atoms with Crippen molar-refractivity contribution in [3.63, 3.8) is 0 Å². The molecule has 0 radical (unpaired) electrons. The summed E-state index contributed by atoms with van der Waals surface area (Å²) >= 11 is 0. The molecule has 0 saturated heterocycles. The Bertz CT molecular complexity index is 479. The van der Waals surface area contributed by atoms with E-state index in [9.17, 15) is 8.78 Å². The Morgan fingerprint density at radius 3 is 2.53 bits per heavy atom. The zero-order chi connectivity index (χ0) is 13.5. The normalized spacial score (nSPS) is 21.6. The minimum atomic E-state index is -0.637. The fourth-order valence-corrected chi connectivity index (χ4v) is 2.84. The molecule has 2 aliphatic rings. The number of hydrogen-bond donors (Lipinski definition) is 1. The fraction of sp³-hybridized carbons (Fsp3) is 0.600. The molecule has 1 aromatic rings. The van der Waals surface area contributed by atoms with Crippen molar-refractivity contribution in [2.75, 3.05) is 6.61 Å². The quantitative estimate of drug-likeness (QED) is 0.906. The van der Waals surface area contributed by atoms with E-state index in [1.54, 1.807) is 0 Å². The van der Waals surface area contributed by atoms with Gasteiger partial charge in [0.15, 0.2) is 11.6 Å². The van der Waals surface area contributed by atoms with Crippen molar-refractivity contribution in [2.24, 2.45) is 11.7 Å². The molecule has 19 heavy (non-hydrogen) atoms. The predicted molar refractivity (Wildman–Crippen MR) is 68.9 cm³/mol. The first-order chi connectivity index (χ1) is 9.08. The lowest BCUT2D eigenvalue weighted by Gasteiger charge is -2.27. The van der Waals surface area contributed by atoms with Gasteiger partial charge >= 0.3 is 0 Å².